The van der Waals surface area contributed by atoms with E-state index in [-0.39, 0.29) is 30.0 Å². The molecular weight excluding hydrogens is 424 g/mol. The van der Waals surface area contributed by atoms with Gasteiger partial charge in [0.2, 0.25) is 5.78 Å². The SMILES string of the molecule is COC(=O)CCn1c(C)cc(C(=O)COC(=O)[C@@H](NC(=O)c2cccc(C)c2)C(C)C)c1C. The van der Waals surface area contributed by atoms with Crippen molar-refractivity contribution in [2.45, 2.75) is 53.6 Å². The van der Waals surface area contributed by atoms with Crippen LogP contribution in [-0.2, 0) is 25.6 Å². The number of nitrogens with one attached hydrogen (secondary N) is 1. The lowest BCUT2D eigenvalue weighted by Crippen LogP contribution is -2.45. The number of methoxy groups -OCH3 is 1. The third-order valence-corrected chi connectivity index (χ3v) is 5.47. The van der Waals surface area contributed by atoms with Crippen molar-refractivity contribution >= 4 is 23.6 Å². The minimum atomic E-state index is -0.890. The van der Waals surface area contributed by atoms with Gasteiger partial charge in [0.15, 0.2) is 6.61 Å². The van der Waals surface area contributed by atoms with Crippen LogP contribution in [0.25, 0.3) is 0 Å². The third kappa shape index (κ3) is 6.78. The van der Waals surface area contributed by atoms with Crippen LogP contribution in [0.1, 0.15) is 57.9 Å². The number of nitrogens with zero attached hydrogens (tertiary/aromatic N) is 1. The van der Waals surface area contributed by atoms with E-state index in [4.69, 9.17) is 4.74 Å². The Kier molecular flexibility index (Phi) is 8.96. The molecule has 178 valence electrons. The van der Waals surface area contributed by atoms with Crippen LogP contribution < -0.4 is 5.32 Å². The summed E-state index contributed by atoms with van der Waals surface area (Å²) in [5.41, 5.74) is 3.31. The van der Waals surface area contributed by atoms with Gasteiger partial charge in [-0.05, 0) is 44.9 Å². The predicted octanol–water partition coefficient (Wildman–Crippen LogP) is 3.16. The molecule has 0 fully saturated rings. The molecule has 33 heavy (non-hydrogen) atoms. The molecule has 0 saturated carbocycles. The molecule has 1 aromatic carbocycles. The van der Waals surface area contributed by atoms with Gasteiger partial charge < -0.3 is 19.4 Å². The van der Waals surface area contributed by atoms with Gasteiger partial charge in [-0.15, -0.1) is 0 Å². The maximum Gasteiger partial charge on any atom is 0.329 e. The second-order valence-electron chi connectivity index (χ2n) is 8.36. The maximum atomic E-state index is 12.7. The van der Waals surface area contributed by atoms with E-state index in [1.54, 1.807) is 45.0 Å². The van der Waals surface area contributed by atoms with Gasteiger partial charge in [0, 0.05) is 29.1 Å². The van der Waals surface area contributed by atoms with Gasteiger partial charge in [-0.1, -0.05) is 31.5 Å². The van der Waals surface area contributed by atoms with E-state index in [0.29, 0.717) is 23.4 Å². The first-order valence-electron chi connectivity index (χ1n) is 10.9. The van der Waals surface area contributed by atoms with Crippen LogP contribution in [0.2, 0.25) is 0 Å². The highest BCUT2D eigenvalue weighted by Crippen LogP contribution is 2.17. The van der Waals surface area contributed by atoms with E-state index < -0.39 is 18.6 Å². The molecule has 1 aromatic heterocycles. The molecule has 0 aliphatic carbocycles. The van der Waals surface area contributed by atoms with Gasteiger partial charge in [0.05, 0.1) is 13.5 Å². The van der Waals surface area contributed by atoms with Crippen molar-refractivity contribution in [3.05, 3.63) is 58.4 Å². The van der Waals surface area contributed by atoms with Crippen LogP contribution in [0.4, 0.5) is 0 Å². The Labute approximate surface area is 194 Å². The van der Waals surface area contributed by atoms with Crippen LogP contribution in [0, 0.1) is 26.7 Å². The van der Waals surface area contributed by atoms with Crippen molar-refractivity contribution in [2.75, 3.05) is 13.7 Å². The van der Waals surface area contributed by atoms with Crippen molar-refractivity contribution in [2.24, 2.45) is 5.92 Å². The Balaban J connectivity index is 2.03. The normalized spacial score (nSPS) is 11.7. The molecule has 2 aromatic rings. The number of ether oxygens (including phenoxy) is 2. The summed E-state index contributed by atoms with van der Waals surface area (Å²) < 4.78 is 11.8. The first-order chi connectivity index (χ1) is 15.5. The molecule has 0 bridgehead atoms. The fraction of sp³-hybridized carbons (Fsp3) is 0.440. The summed E-state index contributed by atoms with van der Waals surface area (Å²) in [6, 6.07) is 7.87. The maximum absolute atomic E-state index is 12.7. The van der Waals surface area contributed by atoms with Crippen LogP contribution in [0.3, 0.4) is 0 Å². The van der Waals surface area contributed by atoms with Crippen molar-refractivity contribution in [3.8, 4) is 0 Å². The molecule has 1 amide bonds. The smallest absolute Gasteiger partial charge is 0.329 e. The zero-order valence-electron chi connectivity index (χ0n) is 20.1. The molecule has 8 heteroatoms. The number of hydrogen-bond donors (Lipinski definition) is 1. The van der Waals surface area contributed by atoms with Crippen molar-refractivity contribution in [1.82, 2.24) is 9.88 Å². The van der Waals surface area contributed by atoms with E-state index in [9.17, 15) is 19.2 Å². The van der Waals surface area contributed by atoms with Gasteiger partial charge in [-0.25, -0.2) is 4.79 Å². The first kappa shape index (κ1) is 25.8. The number of carbonyl (C=O) groups excluding carboxylic acids is 4. The molecule has 0 saturated heterocycles. The third-order valence-electron chi connectivity index (χ3n) is 5.47. The van der Waals surface area contributed by atoms with E-state index in [1.165, 1.54) is 7.11 Å². The fourth-order valence-electron chi connectivity index (χ4n) is 3.55. The summed E-state index contributed by atoms with van der Waals surface area (Å²) in [5.74, 6) is -1.97. The number of Topliss-reactive ketones (excluding diaryl/α,β-unsaturated/α-hetero) is 1. The summed E-state index contributed by atoms with van der Waals surface area (Å²) in [5, 5.41) is 2.71. The summed E-state index contributed by atoms with van der Waals surface area (Å²) in [6.07, 6.45) is 0.187. The number of benzene rings is 1. The molecule has 1 heterocycles. The zero-order chi connectivity index (χ0) is 24.7. The second kappa shape index (κ2) is 11.4. The molecule has 0 aliphatic rings. The Morgan fingerprint density at radius 3 is 2.36 bits per heavy atom. The van der Waals surface area contributed by atoms with E-state index in [2.05, 4.69) is 10.1 Å². The average Bonchev–Trinajstić information content (AvgIpc) is 3.06. The molecule has 0 spiro atoms. The molecule has 0 aliphatic heterocycles. The lowest BCUT2D eigenvalue weighted by molar-refractivity contribution is -0.146. The lowest BCUT2D eigenvalue weighted by atomic mass is 10.0. The van der Waals surface area contributed by atoms with E-state index in [1.807, 2.05) is 24.5 Å². The number of carbonyl (C=O) groups is 4. The number of rotatable bonds is 10. The predicted molar refractivity (Wildman–Crippen MR) is 123 cm³/mol. The van der Waals surface area contributed by atoms with Gasteiger partial charge in [0.25, 0.3) is 5.91 Å². The zero-order valence-corrected chi connectivity index (χ0v) is 20.1. The van der Waals surface area contributed by atoms with E-state index in [0.717, 1.165) is 11.3 Å². The topological polar surface area (TPSA) is 104 Å². The van der Waals surface area contributed by atoms with Crippen LogP contribution in [0.5, 0.6) is 0 Å². The lowest BCUT2D eigenvalue weighted by Gasteiger charge is -2.21. The number of amides is 1. The van der Waals surface area contributed by atoms with Crippen molar-refractivity contribution in [3.63, 3.8) is 0 Å². The molecule has 1 atom stereocenters. The first-order valence-corrected chi connectivity index (χ1v) is 10.9. The fourth-order valence-corrected chi connectivity index (χ4v) is 3.55. The van der Waals surface area contributed by atoms with Crippen LogP contribution >= 0.6 is 0 Å². The van der Waals surface area contributed by atoms with Crippen LogP contribution in [0.15, 0.2) is 30.3 Å². The molecule has 0 radical (unpaired) electrons. The van der Waals surface area contributed by atoms with Crippen molar-refractivity contribution < 1.29 is 28.7 Å². The minimum absolute atomic E-state index is 0.187. The summed E-state index contributed by atoms with van der Waals surface area (Å²) in [6.45, 7) is 9.02. The van der Waals surface area contributed by atoms with Crippen molar-refractivity contribution in [1.29, 1.82) is 0 Å². The Hall–Kier alpha value is -3.42. The van der Waals surface area contributed by atoms with Gasteiger partial charge in [0.1, 0.15) is 6.04 Å². The molecule has 8 nitrogen and oxygen atoms in total. The van der Waals surface area contributed by atoms with Crippen LogP contribution in [-0.4, -0.2) is 48.0 Å². The Morgan fingerprint density at radius 1 is 1.06 bits per heavy atom. The standard InChI is InChI=1S/C25H32N2O6/c1-15(2)23(26-24(30)19-9-7-8-16(3)12-19)25(31)33-14-21(28)20-13-17(4)27(18(20)5)11-10-22(29)32-6/h7-9,12-13,15,23H,10-11,14H2,1-6H3,(H,26,30)/t23-/m0/s1. The Morgan fingerprint density at radius 2 is 1.76 bits per heavy atom. The monoisotopic (exact) mass is 456 g/mol. The molecule has 1 N–H and O–H groups in total. The highest BCUT2D eigenvalue weighted by atomic mass is 16.5. The number of aryl methyl sites for hydroxylation is 2. The summed E-state index contributed by atoms with van der Waals surface area (Å²) >= 11 is 0. The highest BCUT2D eigenvalue weighted by Gasteiger charge is 2.27. The summed E-state index contributed by atoms with van der Waals surface area (Å²) in [4.78, 5) is 49.4. The van der Waals surface area contributed by atoms with Gasteiger partial charge >= 0.3 is 11.9 Å². The van der Waals surface area contributed by atoms with Gasteiger partial charge in [-0.2, -0.15) is 0 Å². The highest BCUT2D eigenvalue weighted by molar-refractivity contribution is 6.00. The van der Waals surface area contributed by atoms with Gasteiger partial charge in [-0.3, -0.25) is 14.4 Å². The summed E-state index contributed by atoms with van der Waals surface area (Å²) in [7, 11) is 1.33. The quantitative estimate of drug-likeness (QED) is 0.435. The minimum Gasteiger partial charge on any atom is -0.469 e. The number of esters is 2. The Bertz CT molecular complexity index is 1040. The number of hydrogen-bond acceptors (Lipinski definition) is 6. The number of ketones is 1. The van der Waals surface area contributed by atoms with E-state index >= 15 is 0 Å². The molecular formula is C25H32N2O6. The molecule has 2 rings (SSSR count). The second-order valence-corrected chi connectivity index (χ2v) is 8.36. The largest absolute Gasteiger partial charge is 0.469 e. The number of aromatic nitrogens is 1. The average molecular weight is 457 g/mol. The molecule has 0 unspecified atom stereocenters.